The number of aromatic nitrogens is 3. The highest BCUT2D eigenvalue weighted by molar-refractivity contribution is 6.31. The number of halogens is 1. The van der Waals surface area contributed by atoms with Gasteiger partial charge in [0.15, 0.2) is 11.5 Å². The van der Waals surface area contributed by atoms with Crippen molar-refractivity contribution in [1.82, 2.24) is 15.1 Å². The molecule has 8 heteroatoms. The summed E-state index contributed by atoms with van der Waals surface area (Å²) in [7, 11) is 0. The second-order valence-corrected chi connectivity index (χ2v) is 5.26. The van der Waals surface area contributed by atoms with Crippen molar-refractivity contribution in [2.45, 2.75) is 25.5 Å². The third kappa shape index (κ3) is 2.55. The molecule has 1 aliphatic rings. The van der Waals surface area contributed by atoms with Crippen LogP contribution in [-0.2, 0) is 0 Å². The molecule has 3 heterocycles. The Bertz CT molecular complexity index is 711. The Balaban J connectivity index is 1.97. The Hall–Kier alpha value is -2.17. The fraction of sp³-hybridized carbons (Fsp3) is 0.385. The van der Waals surface area contributed by atoms with Crippen molar-refractivity contribution >= 4 is 17.4 Å². The van der Waals surface area contributed by atoms with Crippen LogP contribution in [0.3, 0.4) is 0 Å². The Morgan fingerprint density at radius 2 is 2.29 bits per heavy atom. The summed E-state index contributed by atoms with van der Waals surface area (Å²) < 4.78 is 5.20. The van der Waals surface area contributed by atoms with Gasteiger partial charge in [-0.3, -0.25) is 0 Å². The van der Waals surface area contributed by atoms with Crippen molar-refractivity contribution in [3.05, 3.63) is 34.6 Å². The van der Waals surface area contributed by atoms with Crippen LogP contribution in [0, 0.1) is 18.3 Å². The lowest BCUT2D eigenvalue weighted by molar-refractivity contribution is 0.191. The van der Waals surface area contributed by atoms with E-state index >= 15 is 0 Å². The van der Waals surface area contributed by atoms with E-state index in [1.807, 2.05) is 11.0 Å². The van der Waals surface area contributed by atoms with Crippen LogP contribution in [-0.4, -0.2) is 32.9 Å². The lowest BCUT2D eigenvalue weighted by atomic mass is 10.2. The van der Waals surface area contributed by atoms with Gasteiger partial charge in [-0.25, -0.2) is 4.98 Å². The van der Waals surface area contributed by atoms with Crippen molar-refractivity contribution in [2.24, 2.45) is 0 Å². The topological polar surface area (TPSA) is 99.1 Å². The van der Waals surface area contributed by atoms with E-state index in [-0.39, 0.29) is 11.7 Å². The number of aliphatic hydroxyl groups excluding tert-OH is 1. The maximum atomic E-state index is 9.93. The predicted octanol–water partition coefficient (Wildman–Crippen LogP) is 1.61. The number of aliphatic hydroxyl groups is 1. The van der Waals surface area contributed by atoms with Gasteiger partial charge in [0.2, 0.25) is 5.89 Å². The molecule has 3 rings (SSSR count). The van der Waals surface area contributed by atoms with E-state index in [4.69, 9.17) is 21.4 Å². The highest BCUT2D eigenvalue weighted by Crippen LogP contribution is 2.35. The summed E-state index contributed by atoms with van der Waals surface area (Å²) in [4.78, 5) is 10.3. The Kier molecular flexibility index (Phi) is 3.49. The third-order valence-electron chi connectivity index (χ3n) is 3.34. The van der Waals surface area contributed by atoms with Crippen LogP contribution >= 0.6 is 11.6 Å². The molecule has 7 nitrogen and oxygen atoms in total. The van der Waals surface area contributed by atoms with Crippen LogP contribution < -0.4 is 4.90 Å². The van der Waals surface area contributed by atoms with Gasteiger partial charge in [0.25, 0.3) is 0 Å². The summed E-state index contributed by atoms with van der Waals surface area (Å²) in [6.45, 7) is 2.11. The summed E-state index contributed by atoms with van der Waals surface area (Å²) in [5, 5.41) is 23.0. The first-order valence-corrected chi connectivity index (χ1v) is 6.78. The number of nitriles is 1. The molecule has 0 aliphatic carbocycles. The van der Waals surface area contributed by atoms with E-state index in [1.54, 1.807) is 19.1 Å². The predicted molar refractivity (Wildman–Crippen MR) is 73.7 cm³/mol. The SMILES string of the molecule is Cc1noc([C@H]2C[C@H](O)CN2c2ccc(Cl)c(C#N)n2)n1. The number of aryl methyl sites for hydroxylation is 1. The monoisotopic (exact) mass is 305 g/mol. The van der Waals surface area contributed by atoms with Gasteiger partial charge in [0.05, 0.1) is 11.1 Å². The van der Waals surface area contributed by atoms with Crippen molar-refractivity contribution in [3.63, 3.8) is 0 Å². The van der Waals surface area contributed by atoms with Gasteiger partial charge in [0.1, 0.15) is 17.9 Å². The Labute approximate surface area is 125 Å². The average Bonchev–Trinajstić information content (AvgIpc) is 3.05. The van der Waals surface area contributed by atoms with Crippen LogP contribution in [0.25, 0.3) is 0 Å². The number of pyridine rings is 1. The molecule has 1 fully saturated rings. The van der Waals surface area contributed by atoms with Crippen LogP contribution in [0.15, 0.2) is 16.7 Å². The van der Waals surface area contributed by atoms with Crippen LogP contribution in [0.2, 0.25) is 5.02 Å². The molecule has 0 aromatic carbocycles. The second kappa shape index (κ2) is 5.31. The Morgan fingerprint density at radius 1 is 1.48 bits per heavy atom. The minimum Gasteiger partial charge on any atom is -0.391 e. The number of anilines is 1. The largest absolute Gasteiger partial charge is 0.391 e. The lowest BCUT2D eigenvalue weighted by Crippen LogP contribution is -2.25. The zero-order chi connectivity index (χ0) is 15.0. The number of hydrogen-bond acceptors (Lipinski definition) is 7. The zero-order valence-electron chi connectivity index (χ0n) is 11.2. The molecule has 1 N–H and O–H groups in total. The molecular formula is C13H12ClN5O2. The zero-order valence-corrected chi connectivity index (χ0v) is 11.9. The molecule has 0 radical (unpaired) electrons. The van der Waals surface area contributed by atoms with Gasteiger partial charge in [0, 0.05) is 13.0 Å². The summed E-state index contributed by atoms with van der Waals surface area (Å²) in [5.41, 5.74) is 0.149. The molecule has 108 valence electrons. The molecule has 0 saturated carbocycles. The second-order valence-electron chi connectivity index (χ2n) is 4.85. The summed E-state index contributed by atoms with van der Waals surface area (Å²) in [6, 6.07) is 5.00. The van der Waals surface area contributed by atoms with E-state index in [9.17, 15) is 5.11 Å². The molecule has 0 spiro atoms. The molecule has 0 unspecified atom stereocenters. The van der Waals surface area contributed by atoms with E-state index in [0.29, 0.717) is 35.5 Å². The third-order valence-corrected chi connectivity index (χ3v) is 3.64. The van der Waals surface area contributed by atoms with Crippen molar-refractivity contribution < 1.29 is 9.63 Å². The molecule has 1 aliphatic heterocycles. The van der Waals surface area contributed by atoms with Crippen LogP contribution in [0.5, 0.6) is 0 Å². The normalized spacial score (nSPS) is 21.5. The molecular weight excluding hydrogens is 294 g/mol. The molecule has 2 atom stereocenters. The lowest BCUT2D eigenvalue weighted by Gasteiger charge is -2.22. The molecule has 2 aromatic rings. The number of nitrogens with zero attached hydrogens (tertiary/aromatic N) is 5. The number of rotatable bonds is 2. The molecule has 1 saturated heterocycles. The summed E-state index contributed by atoms with van der Waals surface area (Å²) in [5.74, 6) is 1.51. The summed E-state index contributed by atoms with van der Waals surface area (Å²) >= 11 is 5.89. The molecule has 0 amide bonds. The highest BCUT2D eigenvalue weighted by Gasteiger charge is 2.36. The molecule has 21 heavy (non-hydrogen) atoms. The van der Waals surface area contributed by atoms with E-state index in [0.717, 1.165) is 0 Å². The van der Waals surface area contributed by atoms with Gasteiger partial charge in [-0.05, 0) is 19.1 Å². The molecule has 0 bridgehead atoms. The minimum atomic E-state index is -0.523. The van der Waals surface area contributed by atoms with Gasteiger partial charge < -0.3 is 14.5 Å². The minimum absolute atomic E-state index is 0.149. The fourth-order valence-corrected chi connectivity index (χ4v) is 2.57. The van der Waals surface area contributed by atoms with Crippen LogP contribution in [0.4, 0.5) is 5.82 Å². The first kappa shape index (κ1) is 13.8. The molecule has 2 aromatic heterocycles. The van der Waals surface area contributed by atoms with E-state index < -0.39 is 6.10 Å². The summed E-state index contributed by atoms with van der Waals surface area (Å²) in [6.07, 6.45) is -0.0568. The first-order valence-electron chi connectivity index (χ1n) is 6.40. The van der Waals surface area contributed by atoms with Gasteiger partial charge in [-0.15, -0.1) is 0 Å². The van der Waals surface area contributed by atoms with E-state index in [2.05, 4.69) is 15.1 Å². The highest BCUT2D eigenvalue weighted by atomic mass is 35.5. The smallest absolute Gasteiger partial charge is 0.249 e. The maximum absolute atomic E-state index is 9.93. The van der Waals surface area contributed by atoms with Gasteiger partial charge in [-0.1, -0.05) is 16.8 Å². The quantitative estimate of drug-likeness (QED) is 0.899. The Morgan fingerprint density at radius 3 is 2.95 bits per heavy atom. The average molecular weight is 306 g/mol. The van der Waals surface area contributed by atoms with Gasteiger partial charge in [-0.2, -0.15) is 10.2 Å². The van der Waals surface area contributed by atoms with Crippen molar-refractivity contribution in [3.8, 4) is 6.07 Å². The van der Waals surface area contributed by atoms with Crippen molar-refractivity contribution in [1.29, 1.82) is 5.26 Å². The van der Waals surface area contributed by atoms with Crippen molar-refractivity contribution in [2.75, 3.05) is 11.4 Å². The number of β-amino-alcohol motifs (C(OH)–C–C–N with tert-alkyl or cyclic N) is 1. The van der Waals surface area contributed by atoms with Gasteiger partial charge >= 0.3 is 0 Å². The fourth-order valence-electron chi connectivity index (χ4n) is 2.42. The standard InChI is InChI=1S/C13H12ClN5O2/c1-7-16-13(21-18-7)11-4-8(20)6-19(11)12-3-2-9(14)10(5-15)17-12/h2-3,8,11,20H,4,6H2,1H3/t8-,11+/m0/s1. The van der Waals surface area contributed by atoms with Crippen LogP contribution in [0.1, 0.15) is 29.9 Å². The van der Waals surface area contributed by atoms with E-state index in [1.165, 1.54) is 0 Å². The maximum Gasteiger partial charge on any atom is 0.249 e. The first-order chi connectivity index (χ1) is 10.1. The number of hydrogen-bond donors (Lipinski definition) is 1.